The largest absolute Gasteiger partial charge is 0.270 e. The van der Waals surface area contributed by atoms with Crippen molar-refractivity contribution in [1.29, 1.82) is 0 Å². The molecular weight excluding hydrogens is 269 g/mol. The van der Waals surface area contributed by atoms with Crippen LogP contribution in [0.1, 0.15) is 12.8 Å². The maximum Gasteiger partial charge on any atom is 0.235 e. The van der Waals surface area contributed by atoms with Crippen LogP contribution in [0.3, 0.4) is 0 Å². The molecule has 16 heavy (non-hydrogen) atoms. The predicted octanol–water partition coefficient (Wildman–Crippen LogP) is 2.92. The average Bonchev–Trinajstić information content (AvgIpc) is 2.22. The van der Waals surface area contributed by atoms with Crippen LogP contribution in [0.5, 0.6) is 0 Å². The van der Waals surface area contributed by atoms with Gasteiger partial charge in [-0.25, -0.2) is 8.42 Å². The van der Waals surface area contributed by atoms with Gasteiger partial charge in [0.2, 0.25) is 10.0 Å². The molecule has 0 saturated carbocycles. The number of sulfonamides is 1. The van der Waals surface area contributed by atoms with Gasteiger partial charge in [-0.3, -0.25) is 4.31 Å². The minimum Gasteiger partial charge on any atom is -0.270 e. The lowest BCUT2D eigenvalue weighted by molar-refractivity contribution is 0.574. The van der Waals surface area contributed by atoms with Gasteiger partial charge in [0.25, 0.3) is 0 Å². The van der Waals surface area contributed by atoms with Gasteiger partial charge in [-0.15, -0.1) is 0 Å². The van der Waals surface area contributed by atoms with Crippen LogP contribution in [0.2, 0.25) is 10.0 Å². The van der Waals surface area contributed by atoms with E-state index in [1.807, 2.05) is 0 Å². The zero-order valence-electron chi connectivity index (χ0n) is 8.49. The van der Waals surface area contributed by atoms with Crippen LogP contribution < -0.4 is 4.31 Å². The summed E-state index contributed by atoms with van der Waals surface area (Å²) in [5.41, 5.74) is 0.592. The Morgan fingerprint density at radius 1 is 1.12 bits per heavy atom. The summed E-state index contributed by atoms with van der Waals surface area (Å²) in [7, 11) is -3.17. The molecule has 6 heteroatoms. The van der Waals surface area contributed by atoms with Gasteiger partial charge in [0, 0.05) is 6.54 Å². The number of anilines is 1. The third kappa shape index (κ3) is 2.29. The highest BCUT2D eigenvalue weighted by Gasteiger charge is 2.26. The van der Waals surface area contributed by atoms with E-state index >= 15 is 0 Å². The fourth-order valence-corrected chi connectivity index (χ4v) is 3.64. The van der Waals surface area contributed by atoms with Crippen molar-refractivity contribution >= 4 is 38.9 Å². The molecule has 1 aromatic carbocycles. The topological polar surface area (TPSA) is 37.4 Å². The van der Waals surface area contributed by atoms with Gasteiger partial charge < -0.3 is 0 Å². The van der Waals surface area contributed by atoms with Gasteiger partial charge in [0.15, 0.2) is 0 Å². The smallest absolute Gasteiger partial charge is 0.235 e. The van der Waals surface area contributed by atoms with E-state index in [-0.39, 0.29) is 5.75 Å². The second-order valence-electron chi connectivity index (χ2n) is 3.69. The predicted molar refractivity (Wildman–Crippen MR) is 66.8 cm³/mol. The summed E-state index contributed by atoms with van der Waals surface area (Å²) in [5.74, 6) is 0.202. The summed E-state index contributed by atoms with van der Waals surface area (Å²) in [4.78, 5) is 0. The maximum atomic E-state index is 11.8. The summed E-state index contributed by atoms with van der Waals surface area (Å²) >= 11 is 11.7. The van der Waals surface area contributed by atoms with E-state index in [0.29, 0.717) is 22.3 Å². The Morgan fingerprint density at radius 2 is 1.88 bits per heavy atom. The Hall–Kier alpha value is -0.450. The van der Waals surface area contributed by atoms with Crippen molar-refractivity contribution in [2.45, 2.75) is 12.8 Å². The first-order valence-corrected chi connectivity index (χ1v) is 7.33. The second kappa shape index (κ2) is 4.43. The molecule has 0 amide bonds. The molecule has 1 heterocycles. The molecule has 88 valence electrons. The number of benzene rings is 1. The molecule has 0 aromatic heterocycles. The second-order valence-corrected chi connectivity index (χ2v) is 6.52. The zero-order chi connectivity index (χ0) is 11.8. The van der Waals surface area contributed by atoms with Crippen LogP contribution in [-0.4, -0.2) is 20.7 Å². The van der Waals surface area contributed by atoms with E-state index in [9.17, 15) is 8.42 Å². The monoisotopic (exact) mass is 279 g/mol. The first-order valence-electron chi connectivity index (χ1n) is 4.96. The molecule has 1 saturated heterocycles. The van der Waals surface area contributed by atoms with Crippen molar-refractivity contribution < 1.29 is 8.42 Å². The van der Waals surface area contributed by atoms with Gasteiger partial charge in [-0.05, 0) is 31.0 Å². The molecule has 0 spiro atoms. The fourth-order valence-electron chi connectivity index (χ4n) is 1.72. The lowest BCUT2D eigenvalue weighted by Gasteiger charge is -2.28. The molecule has 3 nitrogen and oxygen atoms in total. The summed E-state index contributed by atoms with van der Waals surface area (Å²) in [6, 6.07) is 4.88. The quantitative estimate of drug-likeness (QED) is 0.793. The van der Waals surface area contributed by atoms with Gasteiger partial charge >= 0.3 is 0 Å². The van der Waals surface area contributed by atoms with Crippen molar-refractivity contribution in [2.24, 2.45) is 0 Å². The number of hydrogen-bond acceptors (Lipinski definition) is 2. The third-order valence-corrected chi connectivity index (χ3v) is 5.15. The molecule has 1 fully saturated rings. The molecule has 0 atom stereocenters. The number of rotatable bonds is 1. The normalized spacial score (nSPS) is 19.8. The first kappa shape index (κ1) is 12.0. The van der Waals surface area contributed by atoms with Gasteiger partial charge in [0.05, 0.1) is 21.5 Å². The van der Waals surface area contributed by atoms with Gasteiger partial charge in [-0.1, -0.05) is 23.2 Å². The van der Waals surface area contributed by atoms with E-state index in [0.717, 1.165) is 12.8 Å². The van der Waals surface area contributed by atoms with E-state index in [4.69, 9.17) is 23.2 Å². The molecule has 0 aliphatic carbocycles. The van der Waals surface area contributed by atoms with E-state index in [1.165, 1.54) is 4.31 Å². The Labute approximate surface area is 105 Å². The standard InChI is InChI=1S/C10H11Cl2NO2S/c11-9-4-3-8(7-10(9)12)13-5-1-2-6-16(13,14)15/h3-4,7H,1-2,5-6H2. The van der Waals surface area contributed by atoms with Gasteiger partial charge in [-0.2, -0.15) is 0 Å². The molecule has 0 unspecified atom stereocenters. The van der Waals surface area contributed by atoms with Crippen molar-refractivity contribution in [3.05, 3.63) is 28.2 Å². The molecule has 0 N–H and O–H groups in total. The molecule has 0 bridgehead atoms. The average molecular weight is 280 g/mol. The van der Waals surface area contributed by atoms with Crippen LogP contribution in [0.25, 0.3) is 0 Å². The molecule has 1 aliphatic rings. The van der Waals surface area contributed by atoms with Crippen molar-refractivity contribution in [3.63, 3.8) is 0 Å². The number of nitrogens with zero attached hydrogens (tertiary/aromatic N) is 1. The number of hydrogen-bond donors (Lipinski definition) is 0. The van der Waals surface area contributed by atoms with Crippen LogP contribution in [0.4, 0.5) is 5.69 Å². The molecule has 2 rings (SSSR count). The Balaban J connectivity index is 2.39. The highest BCUT2D eigenvalue weighted by atomic mass is 35.5. The summed E-state index contributed by atoms with van der Waals surface area (Å²) in [6.07, 6.45) is 1.60. The van der Waals surface area contributed by atoms with Crippen LogP contribution in [0.15, 0.2) is 18.2 Å². The summed E-state index contributed by atoms with van der Waals surface area (Å²) in [5, 5.41) is 0.805. The zero-order valence-corrected chi connectivity index (χ0v) is 10.8. The summed E-state index contributed by atoms with van der Waals surface area (Å²) in [6.45, 7) is 0.514. The van der Waals surface area contributed by atoms with Crippen molar-refractivity contribution in [2.75, 3.05) is 16.6 Å². The minimum atomic E-state index is -3.17. The van der Waals surface area contributed by atoms with Crippen LogP contribution in [-0.2, 0) is 10.0 Å². The lowest BCUT2D eigenvalue weighted by atomic mass is 10.3. The Kier molecular flexibility index (Phi) is 3.33. The van der Waals surface area contributed by atoms with Crippen LogP contribution in [0, 0.1) is 0 Å². The molecular formula is C10H11Cl2NO2S. The highest BCUT2D eigenvalue weighted by Crippen LogP contribution is 2.30. The molecule has 0 radical (unpaired) electrons. The SMILES string of the molecule is O=S1(=O)CCCCN1c1ccc(Cl)c(Cl)c1. The maximum absolute atomic E-state index is 11.8. The molecule has 1 aliphatic heterocycles. The van der Waals surface area contributed by atoms with Gasteiger partial charge in [0.1, 0.15) is 0 Å². The van der Waals surface area contributed by atoms with E-state index in [2.05, 4.69) is 0 Å². The van der Waals surface area contributed by atoms with Crippen molar-refractivity contribution in [1.82, 2.24) is 0 Å². The van der Waals surface area contributed by atoms with Crippen molar-refractivity contribution in [3.8, 4) is 0 Å². The Morgan fingerprint density at radius 3 is 2.50 bits per heavy atom. The molecule has 1 aromatic rings. The Bertz CT molecular complexity index is 502. The van der Waals surface area contributed by atoms with E-state index < -0.39 is 10.0 Å². The fraction of sp³-hybridized carbons (Fsp3) is 0.400. The minimum absolute atomic E-state index is 0.202. The highest BCUT2D eigenvalue weighted by molar-refractivity contribution is 7.92. The third-order valence-electron chi connectivity index (χ3n) is 2.54. The van der Waals surface area contributed by atoms with Crippen LogP contribution >= 0.6 is 23.2 Å². The lowest BCUT2D eigenvalue weighted by Crippen LogP contribution is -2.37. The number of halogens is 2. The van der Waals surface area contributed by atoms with E-state index in [1.54, 1.807) is 18.2 Å². The summed E-state index contributed by atoms with van der Waals surface area (Å²) < 4.78 is 25.1. The first-order chi connectivity index (χ1) is 7.50.